The summed E-state index contributed by atoms with van der Waals surface area (Å²) >= 11 is 0. The second kappa shape index (κ2) is 5.94. The SMILES string of the molecule is Cc1nc2c(n1Cc1ccccc1)C(=O)N(C)C1=N[C@@H]3C(C)CCC[C@@H]3N12. The molecular weight excluding hydrogens is 338 g/mol. The van der Waals surface area contributed by atoms with E-state index in [0.29, 0.717) is 24.2 Å². The maximum Gasteiger partial charge on any atom is 0.280 e. The van der Waals surface area contributed by atoms with E-state index >= 15 is 0 Å². The zero-order valence-electron chi connectivity index (χ0n) is 16.1. The van der Waals surface area contributed by atoms with Gasteiger partial charge >= 0.3 is 0 Å². The molecule has 5 rings (SSSR count). The maximum absolute atomic E-state index is 13.2. The molecule has 3 aliphatic rings. The van der Waals surface area contributed by atoms with Crippen LogP contribution in [0, 0.1) is 12.8 Å². The van der Waals surface area contributed by atoms with Crippen LogP contribution in [-0.4, -0.2) is 45.4 Å². The van der Waals surface area contributed by atoms with Gasteiger partial charge in [-0.2, -0.15) is 0 Å². The highest BCUT2D eigenvalue weighted by Crippen LogP contribution is 2.41. The largest absolute Gasteiger partial charge is 0.318 e. The number of fused-ring (bicyclic) bond motifs is 5. The highest BCUT2D eigenvalue weighted by atomic mass is 16.2. The van der Waals surface area contributed by atoms with Crippen LogP contribution in [0.5, 0.6) is 0 Å². The van der Waals surface area contributed by atoms with E-state index in [9.17, 15) is 4.79 Å². The molecule has 1 amide bonds. The Kier molecular flexibility index (Phi) is 3.64. The number of carbonyl (C=O) groups is 1. The van der Waals surface area contributed by atoms with E-state index in [1.165, 1.54) is 18.4 Å². The Morgan fingerprint density at radius 2 is 1.96 bits per heavy atom. The second-order valence-electron chi connectivity index (χ2n) is 8.03. The number of nitrogens with zero attached hydrogens (tertiary/aromatic N) is 5. The molecule has 0 bridgehead atoms. The minimum Gasteiger partial charge on any atom is -0.318 e. The van der Waals surface area contributed by atoms with Gasteiger partial charge in [0.1, 0.15) is 5.82 Å². The highest BCUT2D eigenvalue weighted by Gasteiger charge is 2.49. The minimum absolute atomic E-state index is 0.0113. The molecule has 3 atom stereocenters. The molecule has 1 unspecified atom stereocenters. The van der Waals surface area contributed by atoms with Crippen molar-refractivity contribution in [1.29, 1.82) is 0 Å². The normalized spacial score (nSPS) is 26.6. The Morgan fingerprint density at radius 3 is 2.74 bits per heavy atom. The van der Waals surface area contributed by atoms with Crippen LogP contribution in [0.25, 0.3) is 0 Å². The summed E-state index contributed by atoms with van der Waals surface area (Å²) < 4.78 is 2.06. The predicted octanol–water partition coefficient (Wildman–Crippen LogP) is 3.06. The van der Waals surface area contributed by atoms with Crippen LogP contribution in [0.1, 0.15) is 48.1 Å². The van der Waals surface area contributed by atoms with Crippen LogP contribution in [0.2, 0.25) is 0 Å². The fourth-order valence-electron chi connectivity index (χ4n) is 4.85. The molecule has 3 heterocycles. The Labute approximate surface area is 159 Å². The number of aliphatic imine (C=N–C) groups is 1. The van der Waals surface area contributed by atoms with Gasteiger partial charge in [-0.25, -0.2) is 9.98 Å². The van der Waals surface area contributed by atoms with Crippen molar-refractivity contribution < 1.29 is 4.79 Å². The number of amides is 1. The average molecular weight is 363 g/mol. The van der Waals surface area contributed by atoms with E-state index in [1.54, 1.807) is 4.90 Å². The van der Waals surface area contributed by atoms with Crippen molar-refractivity contribution in [3.8, 4) is 0 Å². The number of guanidine groups is 1. The van der Waals surface area contributed by atoms with E-state index in [1.807, 2.05) is 32.2 Å². The summed E-state index contributed by atoms with van der Waals surface area (Å²) in [7, 11) is 1.84. The van der Waals surface area contributed by atoms with Gasteiger partial charge < -0.3 is 4.57 Å². The lowest BCUT2D eigenvalue weighted by molar-refractivity contribution is 0.0854. The van der Waals surface area contributed by atoms with Gasteiger partial charge in [-0.3, -0.25) is 14.6 Å². The number of aryl methyl sites for hydroxylation is 1. The molecule has 6 heteroatoms. The first-order chi connectivity index (χ1) is 13.1. The lowest BCUT2D eigenvalue weighted by Crippen LogP contribution is -2.53. The third-order valence-corrected chi connectivity index (χ3v) is 6.31. The van der Waals surface area contributed by atoms with Crippen LogP contribution < -0.4 is 4.90 Å². The molecule has 1 aliphatic carbocycles. The molecule has 27 heavy (non-hydrogen) atoms. The quantitative estimate of drug-likeness (QED) is 0.824. The third kappa shape index (κ3) is 2.35. The Morgan fingerprint density at radius 1 is 1.19 bits per heavy atom. The molecule has 1 aromatic carbocycles. The van der Waals surface area contributed by atoms with Crippen LogP contribution in [0.3, 0.4) is 0 Å². The molecule has 1 fully saturated rings. The van der Waals surface area contributed by atoms with Gasteiger partial charge in [-0.05, 0) is 31.2 Å². The number of anilines is 1. The first-order valence-electron chi connectivity index (χ1n) is 9.82. The minimum atomic E-state index is -0.0113. The summed E-state index contributed by atoms with van der Waals surface area (Å²) in [6.07, 6.45) is 3.52. The molecule has 0 spiro atoms. The molecule has 2 aromatic rings. The van der Waals surface area contributed by atoms with Gasteiger partial charge in [0.2, 0.25) is 5.96 Å². The van der Waals surface area contributed by atoms with Gasteiger partial charge in [-0.15, -0.1) is 0 Å². The summed E-state index contributed by atoms with van der Waals surface area (Å²) in [5.74, 6) is 2.98. The number of carbonyl (C=O) groups excluding carboxylic acids is 1. The predicted molar refractivity (Wildman–Crippen MR) is 105 cm³/mol. The molecule has 1 saturated carbocycles. The summed E-state index contributed by atoms with van der Waals surface area (Å²) in [5, 5.41) is 0. The van der Waals surface area contributed by atoms with Gasteiger partial charge in [0.15, 0.2) is 11.5 Å². The number of rotatable bonds is 2. The smallest absolute Gasteiger partial charge is 0.280 e. The van der Waals surface area contributed by atoms with E-state index in [4.69, 9.17) is 9.98 Å². The van der Waals surface area contributed by atoms with Crippen molar-refractivity contribution in [3.05, 3.63) is 47.4 Å². The van der Waals surface area contributed by atoms with E-state index in [0.717, 1.165) is 24.0 Å². The van der Waals surface area contributed by atoms with Crippen LogP contribution in [0.4, 0.5) is 5.82 Å². The van der Waals surface area contributed by atoms with E-state index in [-0.39, 0.29) is 11.9 Å². The van der Waals surface area contributed by atoms with Gasteiger partial charge in [0, 0.05) is 13.6 Å². The monoisotopic (exact) mass is 363 g/mol. The number of hydrogen-bond acceptors (Lipinski definition) is 4. The van der Waals surface area contributed by atoms with Crippen LogP contribution in [-0.2, 0) is 6.54 Å². The number of imidazole rings is 1. The van der Waals surface area contributed by atoms with Crippen molar-refractivity contribution in [1.82, 2.24) is 14.5 Å². The fraction of sp³-hybridized carbons (Fsp3) is 0.476. The average Bonchev–Trinajstić information content (AvgIpc) is 3.20. The van der Waals surface area contributed by atoms with Gasteiger partial charge in [-0.1, -0.05) is 43.7 Å². The third-order valence-electron chi connectivity index (χ3n) is 6.31. The zero-order chi connectivity index (χ0) is 18.7. The highest BCUT2D eigenvalue weighted by molar-refractivity contribution is 6.18. The molecule has 2 aliphatic heterocycles. The van der Waals surface area contributed by atoms with Crippen LogP contribution in [0.15, 0.2) is 35.3 Å². The molecule has 0 saturated heterocycles. The summed E-state index contributed by atoms with van der Waals surface area (Å²) in [4.78, 5) is 27.0. The van der Waals surface area contributed by atoms with Crippen molar-refractivity contribution >= 4 is 17.7 Å². The molecule has 0 N–H and O–H groups in total. The van der Waals surface area contributed by atoms with Gasteiger partial charge in [0.05, 0.1) is 12.1 Å². The van der Waals surface area contributed by atoms with Crippen molar-refractivity contribution in [3.63, 3.8) is 0 Å². The summed E-state index contributed by atoms with van der Waals surface area (Å²) in [6, 6.07) is 10.8. The second-order valence-corrected chi connectivity index (χ2v) is 8.03. The molecular formula is C21H25N5O. The topological polar surface area (TPSA) is 53.7 Å². The molecule has 140 valence electrons. The first-order valence-corrected chi connectivity index (χ1v) is 9.82. The van der Waals surface area contributed by atoms with Crippen molar-refractivity contribution in [2.45, 2.75) is 51.7 Å². The summed E-state index contributed by atoms with van der Waals surface area (Å²) in [5.41, 5.74) is 1.86. The molecule has 0 radical (unpaired) electrons. The lowest BCUT2D eigenvalue weighted by atomic mass is 9.82. The number of benzene rings is 1. The number of hydrogen-bond donors (Lipinski definition) is 0. The fourth-order valence-corrected chi connectivity index (χ4v) is 4.85. The Bertz CT molecular complexity index is 932. The van der Waals surface area contributed by atoms with Crippen molar-refractivity contribution in [2.24, 2.45) is 10.9 Å². The standard InChI is InChI=1S/C21H25N5O/c1-13-8-7-11-16-17(13)23-21-24(3)20(27)18-19(26(16)21)22-14(2)25(18)12-15-9-5-4-6-10-15/h4-6,9-10,13,16-17H,7-8,11-12H2,1-3H3/t13?,16-,17+/m0/s1. The maximum atomic E-state index is 13.2. The van der Waals surface area contributed by atoms with Crippen molar-refractivity contribution in [2.75, 3.05) is 11.9 Å². The van der Waals surface area contributed by atoms with Gasteiger partial charge in [0.25, 0.3) is 5.91 Å². The van der Waals surface area contributed by atoms with E-state index < -0.39 is 0 Å². The Hall–Kier alpha value is -2.63. The molecule has 1 aromatic heterocycles. The Balaban J connectivity index is 1.62. The lowest BCUT2D eigenvalue weighted by Gasteiger charge is -2.38. The molecule has 6 nitrogen and oxygen atoms in total. The first kappa shape index (κ1) is 16.5. The summed E-state index contributed by atoms with van der Waals surface area (Å²) in [6.45, 7) is 4.92. The number of aromatic nitrogens is 2. The van der Waals surface area contributed by atoms with Crippen LogP contribution >= 0.6 is 0 Å². The zero-order valence-corrected chi connectivity index (χ0v) is 16.1. The van der Waals surface area contributed by atoms with E-state index in [2.05, 4.69) is 28.5 Å².